The molecule has 0 aliphatic carbocycles. The number of carbonyl (C=O) groups is 1. The van der Waals surface area contributed by atoms with Gasteiger partial charge in [-0.15, -0.1) is 5.10 Å². The normalized spacial score (nSPS) is 28.5. The summed E-state index contributed by atoms with van der Waals surface area (Å²) in [5, 5.41) is 20.4. The molecule has 158 valence electrons. The van der Waals surface area contributed by atoms with E-state index in [1.165, 1.54) is 11.0 Å². The number of aromatic nitrogens is 5. The number of nitrogens with zero attached hydrogens (tertiary/aromatic N) is 5. The molecule has 4 heterocycles. The maximum Gasteiger partial charge on any atom is 0.413 e. The van der Waals surface area contributed by atoms with E-state index < -0.39 is 42.0 Å². The molecule has 4 atom stereocenters. The van der Waals surface area contributed by atoms with Crippen LogP contribution in [0.2, 0.25) is 0 Å². The van der Waals surface area contributed by atoms with Crippen LogP contribution in [-0.4, -0.2) is 72.5 Å². The summed E-state index contributed by atoms with van der Waals surface area (Å²) in [7, 11) is 0. The molecule has 0 spiro atoms. The number of ether oxygens (including phenoxy) is 4. The third-order valence-electron chi connectivity index (χ3n) is 4.43. The van der Waals surface area contributed by atoms with Gasteiger partial charge in [0.2, 0.25) is 0 Å². The van der Waals surface area contributed by atoms with Gasteiger partial charge in [0.25, 0.3) is 0 Å². The van der Waals surface area contributed by atoms with E-state index in [-0.39, 0.29) is 17.9 Å². The van der Waals surface area contributed by atoms with Crippen LogP contribution in [0.1, 0.15) is 40.8 Å². The molecule has 4 rings (SSSR count). The highest BCUT2D eigenvalue weighted by Gasteiger charge is 2.56. The fourth-order valence-corrected chi connectivity index (χ4v) is 3.43. The number of carbonyl (C=O) groups excluding carboxylic acids is 1. The van der Waals surface area contributed by atoms with E-state index in [0.29, 0.717) is 5.65 Å². The smallest absolute Gasteiger partial charge is 0.413 e. The highest BCUT2D eigenvalue weighted by atomic mass is 16.8. The van der Waals surface area contributed by atoms with E-state index in [1.807, 2.05) is 0 Å². The van der Waals surface area contributed by atoms with Crippen molar-refractivity contribution in [2.75, 3.05) is 11.9 Å². The Kier molecular flexibility index (Phi) is 4.69. The average molecular weight is 408 g/mol. The lowest BCUT2D eigenvalue weighted by Gasteiger charge is -2.23. The van der Waals surface area contributed by atoms with Gasteiger partial charge < -0.3 is 24.1 Å². The highest BCUT2D eigenvalue weighted by molar-refractivity contribution is 5.93. The molecule has 29 heavy (non-hydrogen) atoms. The molecule has 2 N–H and O–H groups in total. The van der Waals surface area contributed by atoms with Gasteiger partial charge in [-0.05, 0) is 34.6 Å². The highest BCUT2D eigenvalue weighted by Crippen LogP contribution is 2.43. The van der Waals surface area contributed by atoms with Crippen molar-refractivity contribution in [3.63, 3.8) is 0 Å². The predicted octanol–water partition coefficient (Wildman–Crippen LogP) is 0.978. The van der Waals surface area contributed by atoms with Crippen molar-refractivity contribution in [2.24, 2.45) is 0 Å². The summed E-state index contributed by atoms with van der Waals surface area (Å²) in [5.74, 6) is -0.660. The molecule has 0 bridgehead atoms. The van der Waals surface area contributed by atoms with Crippen LogP contribution in [0.5, 0.6) is 0 Å². The molecular weight excluding hydrogens is 384 g/mol. The lowest BCUT2D eigenvalue weighted by molar-refractivity contribution is -0.201. The molecule has 0 saturated carbocycles. The summed E-state index contributed by atoms with van der Waals surface area (Å²) < 4.78 is 24.4. The van der Waals surface area contributed by atoms with Gasteiger partial charge in [0, 0.05) is 0 Å². The van der Waals surface area contributed by atoms with Crippen LogP contribution >= 0.6 is 0 Å². The molecule has 2 saturated heterocycles. The first-order valence-electron chi connectivity index (χ1n) is 9.26. The number of rotatable bonds is 3. The maximum atomic E-state index is 12.1. The Morgan fingerprint density at radius 3 is 2.72 bits per heavy atom. The second-order valence-corrected chi connectivity index (χ2v) is 8.37. The maximum absolute atomic E-state index is 12.1. The molecule has 2 fully saturated rings. The van der Waals surface area contributed by atoms with Gasteiger partial charge in [0.1, 0.15) is 30.2 Å². The van der Waals surface area contributed by atoms with Crippen LogP contribution in [0.4, 0.5) is 10.6 Å². The number of hydrogen-bond donors (Lipinski definition) is 2. The van der Waals surface area contributed by atoms with E-state index in [9.17, 15) is 9.90 Å². The number of fused-ring (bicyclic) bond motifs is 2. The minimum Gasteiger partial charge on any atom is -0.444 e. The molecule has 0 radical (unpaired) electrons. The molecule has 12 nitrogen and oxygen atoms in total. The zero-order valence-corrected chi connectivity index (χ0v) is 16.8. The first kappa shape index (κ1) is 19.9. The third-order valence-corrected chi connectivity index (χ3v) is 4.43. The zero-order chi connectivity index (χ0) is 21.0. The second kappa shape index (κ2) is 6.83. The third kappa shape index (κ3) is 3.75. The quantitative estimate of drug-likeness (QED) is 0.754. The summed E-state index contributed by atoms with van der Waals surface area (Å²) >= 11 is 0. The molecule has 2 aromatic rings. The second-order valence-electron chi connectivity index (χ2n) is 8.37. The number of aliphatic hydroxyl groups is 1. The van der Waals surface area contributed by atoms with Gasteiger partial charge in [-0.2, -0.15) is 4.68 Å². The summed E-state index contributed by atoms with van der Waals surface area (Å²) in [4.78, 5) is 20.4. The monoisotopic (exact) mass is 408 g/mol. The lowest BCUT2D eigenvalue weighted by atomic mass is 10.1. The Hall–Kier alpha value is -2.41. The number of anilines is 1. The van der Waals surface area contributed by atoms with Crippen LogP contribution in [0, 0.1) is 0 Å². The average Bonchev–Trinajstić information content (AvgIpc) is 3.24. The van der Waals surface area contributed by atoms with Crippen LogP contribution in [0.3, 0.4) is 0 Å². The predicted molar refractivity (Wildman–Crippen MR) is 97.8 cm³/mol. The summed E-state index contributed by atoms with van der Waals surface area (Å²) in [6, 6.07) is 0. The first-order valence-corrected chi connectivity index (χ1v) is 9.26. The Balaban J connectivity index is 1.64. The minimum absolute atomic E-state index is 0.160. The van der Waals surface area contributed by atoms with Gasteiger partial charge in [-0.3, -0.25) is 5.32 Å². The molecule has 0 aromatic carbocycles. The Morgan fingerprint density at radius 1 is 1.31 bits per heavy atom. The summed E-state index contributed by atoms with van der Waals surface area (Å²) in [6.07, 6.45) is -1.65. The van der Waals surface area contributed by atoms with Crippen molar-refractivity contribution in [3.8, 4) is 0 Å². The van der Waals surface area contributed by atoms with Crippen LogP contribution in [0.25, 0.3) is 11.2 Å². The van der Waals surface area contributed by atoms with Crippen molar-refractivity contribution in [3.05, 3.63) is 6.33 Å². The largest absolute Gasteiger partial charge is 0.444 e. The molecule has 12 heteroatoms. The SMILES string of the molecule is CC(C)(C)OC(=O)Nc1ncnc2c1nnn2C1OC(CO)C2OC(C)(C)OC21. The fraction of sp³-hybridized carbons (Fsp3) is 0.706. The Labute approximate surface area is 166 Å². The number of nitrogens with one attached hydrogen (secondary N) is 1. The number of hydrogen-bond acceptors (Lipinski definition) is 10. The van der Waals surface area contributed by atoms with Crippen molar-refractivity contribution < 1.29 is 28.8 Å². The van der Waals surface area contributed by atoms with Crippen LogP contribution < -0.4 is 5.32 Å². The molecule has 2 aliphatic rings. The molecular formula is C17H24N6O6. The van der Waals surface area contributed by atoms with E-state index in [4.69, 9.17) is 18.9 Å². The minimum atomic E-state index is -0.820. The standard InChI is InChI=1S/C17H24N6O6/c1-16(2,3)29-15(25)20-12-9-13(19-7-18-12)23(22-21-9)14-11-10(8(6-24)26-14)27-17(4,5)28-11/h7-8,10-11,14,24H,6H2,1-5H3,(H,18,19,20,25). The van der Waals surface area contributed by atoms with Gasteiger partial charge in [0.15, 0.2) is 29.0 Å². The lowest BCUT2D eigenvalue weighted by Crippen LogP contribution is -2.31. The fourth-order valence-electron chi connectivity index (χ4n) is 3.43. The van der Waals surface area contributed by atoms with E-state index in [0.717, 1.165) is 0 Å². The Bertz CT molecular complexity index is 925. The summed E-state index contributed by atoms with van der Waals surface area (Å²) in [6.45, 7) is 8.63. The van der Waals surface area contributed by atoms with E-state index >= 15 is 0 Å². The van der Waals surface area contributed by atoms with Crippen LogP contribution in [0.15, 0.2) is 6.33 Å². The zero-order valence-electron chi connectivity index (χ0n) is 16.8. The number of aliphatic hydroxyl groups excluding tert-OH is 1. The molecule has 4 unspecified atom stereocenters. The van der Waals surface area contributed by atoms with Gasteiger partial charge in [-0.25, -0.2) is 14.8 Å². The first-order chi connectivity index (χ1) is 13.6. The molecule has 2 aromatic heterocycles. The van der Waals surface area contributed by atoms with Crippen molar-refractivity contribution in [1.29, 1.82) is 0 Å². The Morgan fingerprint density at radius 2 is 2.03 bits per heavy atom. The summed E-state index contributed by atoms with van der Waals surface area (Å²) in [5.41, 5.74) is -0.0576. The van der Waals surface area contributed by atoms with Gasteiger partial charge >= 0.3 is 6.09 Å². The van der Waals surface area contributed by atoms with E-state index in [2.05, 4.69) is 25.6 Å². The number of amides is 1. The van der Waals surface area contributed by atoms with Crippen LogP contribution in [-0.2, 0) is 18.9 Å². The van der Waals surface area contributed by atoms with Gasteiger partial charge in [0.05, 0.1) is 6.61 Å². The van der Waals surface area contributed by atoms with Gasteiger partial charge in [-0.1, -0.05) is 5.21 Å². The van der Waals surface area contributed by atoms with Crippen molar-refractivity contribution in [2.45, 2.75) is 70.5 Å². The van der Waals surface area contributed by atoms with E-state index in [1.54, 1.807) is 34.6 Å². The van der Waals surface area contributed by atoms with Crippen molar-refractivity contribution >= 4 is 23.1 Å². The molecule has 2 aliphatic heterocycles. The molecule has 1 amide bonds. The van der Waals surface area contributed by atoms with Crippen molar-refractivity contribution in [1.82, 2.24) is 25.0 Å². The topological polar surface area (TPSA) is 143 Å².